The fourth-order valence-electron chi connectivity index (χ4n) is 0.591. The van der Waals surface area contributed by atoms with Gasteiger partial charge in [-0.05, 0) is 20.8 Å². The SMILES string of the molecule is CCOC(=O)[C@@](C)(C#N)[C@@H](C)O. The summed E-state index contributed by atoms with van der Waals surface area (Å²) in [5.41, 5.74) is -1.45. The van der Waals surface area contributed by atoms with E-state index in [2.05, 4.69) is 4.74 Å². The van der Waals surface area contributed by atoms with Crippen molar-refractivity contribution in [2.24, 2.45) is 5.41 Å². The van der Waals surface area contributed by atoms with Gasteiger partial charge in [0, 0.05) is 0 Å². The van der Waals surface area contributed by atoms with Crippen molar-refractivity contribution in [2.75, 3.05) is 6.61 Å². The Labute approximate surface area is 71.8 Å². The summed E-state index contributed by atoms with van der Waals surface area (Å²) in [4.78, 5) is 11.1. The van der Waals surface area contributed by atoms with Crippen molar-refractivity contribution in [3.05, 3.63) is 0 Å². The lowest BCUT2D eigenvalue weighted by atomic mass is 9.87. The number of hydrogen-bond donors (Lipinski definition) is 1. The average Bonchev–Trinajstić information content (AvgIpc) is 2.03. The Balaban J connectivity index is 4.55. The smallest absolute Gasteiger partial charge is 0.328 e. The van der Waals surface area contributed by atoms with Gasteiger partial charge in [-0.25, -0.2) is 0 Å². The summed E-state index contributed by atoms with van der Waals surface area (Å²) in [6, 6.07) is 1.74. The molecule has 0 aliphatic rings. The summed E-state index contributed by atoms with van der Waals surface area (Å²) < 4.78 is 4.64. The van der Waals surface area contributed by atoms with Gasteiger partial charge in [0.2, 0.25) is 0 Å². The van der Waals surface area contributed by atoms with Crippen molar-refractivity contribution in [2.45, 2.75) is 26.9 Å². The first-order chi connectivity index (χ1) is 5.49. The molecule has 0 heterocycles. The van der Waals surface area contributed by atoms with Crippen molar-refractivity contribution in [3.8, 4) is 6.07 Å². The van der Waals surface area contributed by atoms with Crippen LogP contribution in [-0.2, 0) is 9.53 Å². The van der Waals surface area contributed by atoms with Gasteiger partial charge in [-0.3, -0.25) is 4.79 Å². The first kappa shape index (κ1) is 10.9. The monoisotopic (exact) mass is 171 g/mol. The van der Waals surface area contributed by atoms with E-state index < -0.39 is 17.5 Å². The molecule has 0 saturated carbocycles. The fraction of sp³-hybridized carbons (Fsp3) is 0.750. The normalized spacial score (nSPS) is 17.2. The van der Waals surface area contributed by atoms with E-state index in [0.717, 1.165) is 0 Å². The molecule has 1 N–H and O–H groups in total. The van der Waals surface area contributed by atoms with Gasteiger partial charge in [-0.15, -0.1) is 0 Å². The Morgan fingerprint density at radius 3 is 2.58 bits per heavy atom. The quantitative estimate of drug-likeness (QED) is 0.626. The van der Waals surface area contributed by atoms with Gasteiger partial charge in [0.05, 0.1) is 18.8 Å². The van der Waals surface area contributed by atoms with Crippen LogP contribution in [0.4, 0.5) is 0 Å². The number of carbonyl (C=O) groups is 1. The molecule has 4 heteroatoms. The Morgan fingerprint density at radius 2 is 2.33 bits per heavy atom. The molecule has 12 heavy (non-hydrogen) atoms. The molecule has 0 aromatic rings. The van der Waals surface area contributed by atoms with Crippen molar-refractivity contribution < 1.29 is 14.6 Å². The predicted molar refractivity (Wildman–Crippen MR) is 42.0 cm³/mol. The molecule has 0 rings (SSSR count). The van der Waals surface area contributed by atoms with E-state index in [1.807, 2.05) is 0 Å². The summed E-state index contributed by atoms with van der Waals surface area (Å²) in [6.45, 7) is 4.61. The molecule has 0 aliphatic carbocycles. The Bertz CT molecular complexity index is 207. The molecule has 0 amide bonds. The molecule has 0 radical (unpaired) electrons. The third-order valence-electron chi connectivity index (χ3n) is 1.77. The molecule has 0 spiro atoms. The second kappa shape index (κ2) is 4.07. The van der Waals surface area contributed by atoms with Gasteiger partial charge in [0.1, 0.15) is 0 Å². The van der Waals surface area contributed by atoms with Crippen LogP contribution in [0.2, 0.25) is 0 Å². The highest BCUT2D eigenvalue weighted by Gasteiger charge is 2.40. The average molecular weight is 171 g/mol. The molecule has 0 aliphatic heterocycles. The number of aliphatic hydroxyl groups is 1. The number of ether oxygens (including phenoxy) is 1. The number of carbonyl (C=O) groups excluding carboxylic acids is 1. The number of rotatable bonds is 3. The maximum atomic E-state index is 11.1. The highest BCUT2D eigenvalue weighted by atomic mass is 16.5. The van der Waals surface area contributed by atoms with Crippen LogP contribution in [0.15, 0.2) is 0 Å². The minimum absolute atomic E-state index is 0.211. The molecule has 0 saturated heterocycles. The van der Waals surface area contributed by atoms with E-state index in [1.54, 1.807) is 13.0 Å². The Hall–Kier alpha value is -1.08. The minimum Gasteiger partial charge on any atom is -0.465 e. The van der Waals surface area contributed by atoms with Crippen molar-refractivity contribution in [3.63, 3.8) is 0 Å². The Morgan fingerprint density at radius 1 is 1.83 bits per heavy atom. The van der Waals surface area contributed by atoms with Crippen molar-refractivity contribution >= 4 is 5.97 Å². The van der Waals surface area contributed by atoms with Crippen molar-refractivity contribution in [1.82, 2.24) is 0 Å². The molecular weight excluding hydrogens is 158 g/mol. The minimum atomic E-state index is -1.45. The molecule has 0 aromatic heterocycles. The van der Waals surface area contributed by atoms with Gasteiger partial charge in [0.25, 0.3) is 0 Å². The zero-order valence-electron chi connectivity index (χ0n) is 7.50. The van der Waals surface area contributed by atoms with Crippen LogP contribution >= 0.6 is 0 Å². The summed E-state index contributed by atoms with van der Waals surface area (Å²) in [5, 5.41) is 17.8. The topological polar surface area (TPSA) is 70.3 Å². The number of hydrogen-bond acceptors (Lipinski definition) is 4. The summed E-state index contributed by atoms with van der Waals surface area (Å²) >= 11 is 0. The first-order valence-corrected chi connectivity index (χ1v) is 3.75. The second-order valence-electron chi connectivity index (χ2n) is 2.71. The van der Waals surface area contributed by atoms with E-state index in [4.69, 9.17) is 10.4 Å². The fourth-order valence-corrected chi connectivity index (χ4v) is 0.591. The zero-order valence-corrected chi connectivity index (χ0v) is 7.50. The molecule has 4 nitrogen and oxygen atoms in total. The number of nitrogens with zero attached hydrogens (tertiary/aromatic N) is 1. The van der Waals surface area contributed by atoms with E-state index in [-0.39, 0.29) is 6.61 Å². The van der Waals surface area contributed by atoms with E-state index >= 15 is 0 Å². The predicted octanol–water partition coefficient (Wildman–Crippen LogP) is 0.460. The summed E-state index contributed by atoms with van der Waals surface area (Å²) in [5.74, 6) is -0.678. The van der Waals surface area contributed by atoms with E-state index in [9.17, 15) is 4.79 Å². The maximum absolute atomic E-state index is 11.1. The van der Waals surface area contributed by atoms with E-state index in [0.29, 0.717) is 0 Å². The van der Waals surface area contributed by atoms with Crippen LogP contribution in [-0.4, -0.2) is 23.8 Å². The molecule has 0 unspecified atom stereocenters. The van der Waals surface area contributed by atoms with Crippen LogP contribution in [0.25, 0.3) is 0 Å². The van der Waals surface area contributed by atoms with Gasteiger partial charge >= 0.3 is 5.97 Å². The molecule has 0 aromatic carbocycles. The van der Waals surface area contributed by atoms with Crippen molar-refractivity contribution in [1.29, 1.82) is 5.26 Å². The molecule has 2 atom stereocenters. The van der Waals surface area contributed by atoms with E-state index in [1.165, 1.54) is 13.8 Å². The van der Waals surface area contributed by atoms with Crippen LogP contribution in [0.5, 0.6) is 0 Å². The maximum Gasteiger partial charge on any atom is 0.328 e. The second-order valence-corrected chi connectivity index (χ2v) is 2.71. The zero-order chi connectivity index (χ0) is 9.78. The lowest BCUT2D eigenvalue weighted by molar-refractivity contribution is -0.155. The number of aliphatic hydroxyl groups excluding tert-OH is 1. The highest BCUT2D eigenvalue weighted by molar-refractivity contribution is 5.80. The van der Waals surface area contributed by atoms with Gasteiger partial charge in [-0.1, -0.05) is 0 Å². The Kier molecular flexibility index (Phi) is 3.71. The first-order valence-electron chi connectivity index (χ1n) is 3.75. The molecule has 68 valence electrons. The number of esters is 1. The lowest BCUT2D eigenvalue weighted by Crippen LogP contribution is -2.38. The van der Waals surface area contributed by atoms with Crippen LogP contribution < -0.4 is 0 Å². The summed E-state index contributed by atoms with van der Waals surface area (Å²) in [7, 11) is 0. The molecule has 0 fully saturated rings. The molecular formula is C8H13NO3. The third kappa shape index (κ3) is 1.95. The van der Waals surface area contributed by atoms with Gasteiger partial charge in [0.15, 0.2) is 5.41 Å². The molecule has 0 bridgehead atoms. The number of nitriles is 1. The largest absolute Gasteiger partial charge is 0.465 e. The standard InChI is InChI=1S/C8H13NO3/c1-4-12-7(11)8(3,5-9)6(2)10/h6,10H,4H2,1-3H3/t6-,8+/m1/s1. The van der Waals surface area contributed by atoms with Gasteiger partial charge in [-0.2, -0.15) is 5.26 Å². The van der Waals surface area contributed by atoms with Crippen LogP contribution in [0.1, 0.15) is 20.8 Å². The van der Waals surface area contributed by atoms with Crippen LogP contribution in [0.3, 0.4) is 0 Å². The third-order valence-corrected chi connectivity index (χ3v) is 1.77. The highest BCUT2D eigenvalue weighted by Crippen LogP contribution is 2.21. The van der Waals surface area contributed by atoms with Crippen LogP contribution in [0, 0.1) is 16.7 Å². The lowest BCUT2D eigenvalue weighted by Gasteiger charge is -2.21. The van der Waals surface area contributed by atoms with Gasteiger partial charge < -0.3 is 9.84 Å². The summed E-state index contributed by atoms with van der Waals surface area (Å²) in [6.07, 6.45) is -1.03.